The van der Waals surface area contributed by atoms with Crippen molar-refractivity contribution < 1.29 is 23.4 Å². The molecule has 0 aliphatic carbocycles. The first-order valence-electron chi connectivity index (χ1n) is 5.39. The minimum atomic E-state index is -0.957. The van der Waals surface area contributed by atoms with Crippen LogP contribution in [0.1, 0.15) is 12.5 Å². The Bertz CT molecular complexity index is 424. The van der Waals surface area contributed by atoms with Crippen molar-refractivity contribution in [2.24, 2.45) is 0 Å². The second kappa shape index (κ2) is 6.42. The highest BCUT2D eigenvalue weighted by atomic mass is 19.2. The Labute approximate surface area is 104 Å². The quantitative estimate of drug-likeness (QED) is 0.774. The third kappa shape index (κ3) is 3.75. The monoisotopic (exact) mass is 259 g/mol. The molecule has 0 aromatic heterocycles. The highest BCUT2D eigenvalue weighted by Crippen LogP contribution is 2.09. The van der Waals surface area contributed by atoms with Crippen molar-refractivity contribution in [2.75, 3.05) is 7.11 Å². The minimum Gasteiger partial charge on any atom is -0.468 e. The number of carbonyl (C=O) groups excluding carboxylic acids is 1. The molecule has 1 aromatic rings. The topological polar surface area (TPSA) is 58.6 Å². The molecular formula is C12H15F2NO3. The summed E-state index contributed by atoms with van der Waals surface area (Å²) in [6.45, 7) is 1.54. The second-order valence-electron chi connectivity index (χ2n) is 3.87. The maximum Gasteiger partial charge on any atom is 0.325 e. The van der Waals surface area contributed by atoms with Gasteiger partial charge in [0.15, 0.2) is 11.6 Å². The summed E-state index contributed by atoms with van der Waals surface area (Å²) in [5.74, 6) is -2.51. The lowest BCUT2D eigenvalue weighted by atomic mass is 10.1. The number of rotatable bonds is 5. The average Bonchev–Trinajstić information content (AvgIpc) is 2.33. The van der Waals surface area contributed by atoms with Gasteiger partial charge in [-0.2, -0.15) is 0 Å². The maximum atomic E-state index is 12.9. The molecule has 1 aromatic carbocycles. The molecule has 1 rings (SSSR count). The fourth-order valence-electron chi connectivity index (χ4n) is 1.46. The molecule has 4 nitrogen and oxygen atoms in total. The number of aliphatic hydroxyl groups is 1. The molecule has 0 amide bonds. The Morgan fingerprint density at radius 2 is 2.11 bits per heavy atom. The van der Waals surface area contributed by atoms with E-state index in [-0.39, 0.29) is 6.54 Å². The zero-order valence-electron chi connectivity index (χ0n) is 10.1. The van der Waals surface area contributed by atoms with Crippen molar-refractivity contribution in [3.05, 3.63) is 35.4 Å². The van der Waals surface area contributed by atoms with Crippen LogP contribution in [0.5, 0.6) is 0 Å². The Morgan fingerprint density at radius 1 is 1.44 bits per heavy atom. The van der Waals surface area contributed by atoms with Crippen molar-refractivity contribution in [3.8, 4) is 0 Å². The molecule has 0 radical (unpaired) electrons. The first kappa shape index (κ1) is 14.5. The summed E-state index contributed by atoms with van der Waals surface area (Å²) in [7, 11) is 1.21. The zero-order valence-corrected chi connectivity index (χ0v) is 10.1. The largest absolute Gasteiger partial charge is 0.468 e. The summed E-state index contributed by atoms with van der Waals surface area (Å²) in [5.41, 5.74) is 0.462. The van der Waals surface area contributed by atoms with Crippen LogP contribution in [0.25, 0.3) is 0 Å². The third-order valence-electron chi connectivity index (χ3n) is 2.45. The van der Waals surface area contributed by atoms with Crippen molar-refractivity contribution in [3.63, 3.8) is 0 Å². The molecule has 100 valence electrons. The van der Waals surface area contributed by atoms with Gasteiger partial charge < -0.3 is 9.84 Å². The van der Waals surface area contributed by atoms with Crippen LogP contribution in [0.2, 0.25) is 0 Å². The molecule has 0 unspecified atom stereocenters. The van der Waals surface area contributed by atoms with Crippen LogP contribution in [-0.4, -0.2) is 30.3 Å². The highest BCUT2D eigenvalue weighted by molar-refractivity contribution is 5.76. The molecule has 0 saturated heterocycles. The Morgan fingerprint density at radius 3 is 2.61 bits per heavy atom. The number of nitrogens with one attached hydrogen (secondary N) is 1. The lowest BCUT2D eigenvalue weighted by Crippen LogP contribution is -2.45. The molecule has 0 fully saturated rings. The van der Waals surface area contributed by atoms with E-state index in [1.54, 1.807) is 0 Å². The van der Waals surface area contributed by atoms with Crippen molar-refractivity contribution >= 4 is 5.97 Å². The van der Waals surface area contributed by atoms with E-state index in [2.05, 4.69) is 10.1 Å². The zero-order chi connectivity index (χ0) is 13.7. The SMILES string of the molecule is COC(=O)[C@@H](NCc1ccc(F)c(F)c1)[C@H](C)O. The molecule has 0 aliphatic rings. The summed E-state index contributed by atoms with van der Waals surface area (Å²) in [4.78, 5) is 11.3. The van der Waals surface area contributed by atoms with Gasteiger partial charge in [-0.3, -0.25) is 10.1 Å². The van der Waals surface area contributed by atoms with Gasteiger partial charge in [-0.15, -0.1) is 0 Å². The van der Waals surface area contributed by atoms with Crippen LogP contribution >= 0.6 is 0 Å². The van der Waals surface area contributed by atoms with E-state index in [9.17, 15) is 18.7 Å². The van der Waals surface area contributed by atoms with E-state index in [0.717, 1.165) is 12.1 Å². The van der Waals surface area contributed by atoms with E-state index in [4.69, 9.17) is 0 Å². The number of hydrogen-bond donors (Lipinski definition) is 2. The van der Waals surface area contributed by atoms with E-state index in [0.29, 0.717) is 5.56 Å². The van der Waals surface area contributed by atoms with Gasteiger partial charge in [0.05, 0.1) is 13.2 Å². The summed E-state index contributed by atoms with van der Waals surface area (Å²) >= 11 is 0. The fourth-order valence-corrected chi connectivity index (χ4v) is 1.46. The maximum absolute atomic E-state index is 12.9. The first-order chi connectivity index (χ1) is 8.45. The smallest absolute Gasteiger partial charge is 0.325 e. The van der Waals surface area contributed by atoms with Gasteiger partial charge in [-0.25, -0.2) is 8.78 Å². The number of esters is 1. The molecule has 0 bridgehead atoms. The molecule has 0 aliphatic heterocycles. The van der Waals surface area contributed by atoms with Gasteiger partial charge in [-0.05, 0) is 24.6 Å². The molecule has 18 heavy (non-hydrogen) atoms. The lowest BCUT2D eigenvalue weighted by molar-refractivity contribution is -0.145. The Hall–Kier alpha value is -1.53. The van der Waals surface area contributed by atoms with E-state index >= 15 is 0 Å². The summed E-state index contributed by atoms with van der Waals surface area (Å²) in [6, 6.07) is 2.51. The number of methoxy groups -OCH3 is 1. The van der Waals surface area contributed by atoms with Gasteiger partial charge in [0.25, 0.3) is 0 Å². The molecule has 0 saturated carbocycles. The molecule has 0 heterocycles. The summed E-state index contributed by atoms with van der Waals surface area (Å²) in [6.07, 6.45) is -0.956. The van der Waals surface area contributed by atoms with E-state index in [1.807, 2.05) is 0 Å². The van der Waals surface area contributed by atoms with Crippen LogP contribution < -0.4 is 5.32 Å². The fraction of sp³-hybridized carbons (Fsp3) is 0.417. The molecule has 6 heteroatoms. The first-order valence-corrected chi connectivity index (χ1v) is 5.39. The van der Waals surface area contributed by atoms with Crippen LogP contribution in [0.4, 0.5) is 8.78 Å². The molecular weight excluding hydrogens is 244 g/mol. The van der Waals surface area contributed by atoms with Crippen LogP contribution in [0.3, 0.4) is 0 Å². The molecule has 2 N–H and O–H groups in total. The number of hydrogen-bond acceptors (Lipinski definition) is 4. The number of aliphatic hydroxyl groups excluding tert-OH is 1. The number of carbonyl (C=O) groups is 1. The highest BCUT2D eigenvalue weighted by Gasteiger charge is 2.23. The predicted molar refractivity (Wildman–Crippen MR) is 60.7 cm³/mol. The van der Waals surface area contributed by atoms with Gasteiger partial charge in [0, 0.05) is 6.54 Å². The normalized spacial score (nSPS) is 14.1. The van der Waals surface area contributed by atoms with E-state index < -0.39 is 29.7 Å². The van der Waals surface area contributed by atoms with Gasteiger partial charge in [0.2, 0.25) is 0 Å². The van der Waals surface area contributed by atoms with Crippen molar-refractivity contribution in [2.45, 2.75) is 25.6 Å². The number of ether oxygens (including phenoxy) is 1. The van der Waals surface area contributed by atoms with Crippen molar-refractivity contribution in [1.29, 1.82) is 0 Å². The van der Waals surface area contributed by atoms with Crippen LogP contribution in [-0.2, 0) is 16.1 Å². The van der Waals surface area contributed by atoms with Crippen molar-refractivity contribution in [1.82, 2.24) is 5.32 Å². The van der Waals surface area contributed by atoms with Crippen LogP contribution in [0, 0.1) is 11.6 Å². The predicted octanol–water partition coefficient (Wildman–Crippen LogP) is 0.977. The Kier molecular flexibility index (Phi) is 5.18. The average molecular weight is 259 g/mol. The summed E-state index contributed by atoms with van der Waals surface area (Å²) < 4.78 is 30.2. The van der Waals surface area contributed by atoms with E-state index in [1.165, 1.54) is 20.1 Å². The lowest BCUT2D eigenvalue weighted by Gasteiger charge is -2.18. The van der Waals surface area contributed by atoms with Gasteiger partial charge >= 0.3 is 5.97 Å². The van der Waals surface area contributed by atoms with Gasteiger partial charge in [0.1, 0.15) is 6.04 Å². The standard InChI is InChI=1S/C12H15F2NO3/c1-7(16)11(12(17)18-2)15-6-8-3-4-9(13)10(14)5-8/h3-5,7,11,15-16H,6H2,1-2H3/t7-,11-/m0/s1. The second-order valence-corrected chi connectivity index (χ2v) is 3.87. The number of benzene rings is 1. The third-order valence-corrected chi connectivity index (χ3v) is 2.45. The van der Waals surface area contributed by atoms with Crippen LogP contribution in [0.15, 0.2) is 18.2 Å². The minimum absolute atomic E-state index is 0.113. The Balaban J connectivity index is 2.67. The molecule has 2 atom stereocenters. The summed E-state index contributed by atoms with van der Waals surface area (Å²) in [5, 5.41) is 12.1. The van der Waals surface area contributed by atoms with Gasteiger partial charge in [-0.1, -0.05) is 6.07 Å². The molecule has 0 spiro atoms. The number of halogens is 2.